The molecule has 1 fully saturated rings. The van der Waals surface area contributed by atoms with Crippen LogP contribution in [0, 0.1) is 19.1 Å². The third-order valence-electron chi connectivity index (χ3n) is 5.01. The molecule has 0 saturated heterocycles. The summed E-state index contributed by atoms with van der Waals surface area (Å²) in [5.41, 5.74) is 2.91. The number of nitrogens with zero attached hydrogens (tertiary/aromatic N) is 1. The molecule has 1 saturated carbocycles. The highest BCUT2D eigenvalue weighted by Crippen LogP contribution is 2.23. The van der Waals surface area contributed by atoms with Gasteiger partial charge in [-0.3, -0.25) is 0 Å². The predicted molar refractivity (Wildman–Crippen MR) is 108 cm³/mol. The van der Waals surface area contributed by atoms with Crippen molar-refractivity contribution >= 4 is 16.2 Å². The zero-order valence-corrected chi connectivity index (χ0v) is 16.6. The Morgan fingerprint density at radius 1 is 1.04 bits per heavy atom. The van der Waals surface area contributed by atoms with Crippen LogP contribution < -0.4 is 4.72 Å². The Morgan fingerprint density at radius 3 is 2.44 bits per heavy atom. The Morgan fingerprint density at radius 2 is 1.74 bits per heavy atom. The van der Waals surface area contributed by atoms with E-state index in [1.54, 1.807) is 30.5 Å². The second kappa shape index (κ2) is 8.23. The summed E-state index contributed by atoms with van der Waals surface area (Å²) in [4.78, 5) is 0.234. The summed E-state index contributed by atoms with van der Waals surface area (Å²) in [7, 11) is -3.65. The molecular weight excluding hydrogens is 360 g/mol. The quantitative estimate of drug-likeness (QED) is 0.370. The summed E-state index contributed by atoms with van der Waals surface area (Å²) >= 11 is 0. The van der Waals surface area contributed by atoms with Gasteiger partial charge in [0.05, 0.1) is 10.9 Å². The van der Waals surface area contributed by atoms with E-state index in [2.05, 4.69) is 4.72 Å². The molecular formula is C21H26N2O3S. The minimum atomic E-state index is -3.65. The number of hydrogen-bond acceptors (Lipinski definition) is 3. The highest BCUT2D eigenvalue weighted by Gasteiger charge is 2.34. The highest BCUT2D eigenvalue weighted by atomic mass is 32.2. The first-order valence-corrected chi connectivity index (χ1v) is 10.8. The third-order valence-corrected chi connectivity index (χ3v) is 6.52. The maximum absolute atomic E-state index is 12.8. The van der Waals surface area contributed by atoms with Gasteiger partial charge in [-0.25, -0.2) is 17.9 Å². The number of aryl methyl sites for hydroxylation is 2. The van der Waals surface area contributed by atoms with Gasteiger partial charge in [-0.2, -0.15) is 0 Å². The molecule has 0 aromatic heterocycles. The van der Waals surface area contributed by atoms with Crippen LogP contribution in [0.15, 0.2) is 53.4 Å². The van der Waals surface area contributed by atoms with E-state index in [-0.39, 0.29) is 4.90 Å². The maximum atomic E-state index is 12.8. The number of hydroxylamine groups is 1. The van der Waals surface area contributed by atoms with Crippen molar-refractivity contribution in [2.75, 3.05) is 0 Å². The molecule has 1 N–H and O–H groups in total. The van der Waals surface area contributed by atoms with Crippen molar-refractivity contribution in [2.45, 2.75) is 56.5 Å². The van der Waals surface area contributed by atoms with Crippen molar-refractivity contribution in [1.29, 1.82) is 0 Å². The summed E-state index contributed by atoms with van der Waals surface area (Å²) in [6.45, 7) is 3.89. The van der Waals surface area contributed by atoms with Crippen LogP contribution in [-0.2, 0) is 10.0 Å². The van der Waals surface area contributed by atoms with Crippen LogP contribution in [0.1, 0.15) is 42.4 Å². The number of rotatable bonds is 5. The Hall–Kier alpha value is -2.18. The first-order valence-electron chi connectivity index (χ1n) is 9.31. The lowest BCUT2D eigenvalue weighted by Gasteiger charge is -2.30. The fourth-order valence-electron chi connectivity index (χ4n) is 3.53. The van der Waals surface area contributed by atoms with Crippen molar-refractivity contribution in [1.82, 2.24) is 4.72 Å². The van der Waals surface area contributed by atoms with E-state index < -0.39 is 22.1 Å². The zero-order valence-electron chi connectivity index (χ0n) is 15.8. The maximum Gasteiger partial charge on any atom is 0.241 e. The van der Waals surface area contributed by atoms with Gasteiger partial charge in [0, 0.05) is 12.0 Å². The van der Waals surface area contributed by atoms with E-state index in [4.69, 9.17) is 0 Å². The molecule has 3 rings (SSSR count). The molecule has 1 aliphatic carbocycles. The molecule has 0 amide bonds. The van der Waals surface area contributed by atoms with Gasteiger partial charge in [0.25, 0.3) is 0 Å². The molecule has 2 aromatic carbocycles. The van der Waals surface area contributed by atoms with E-state index in [0.29, 0.717) is 12.8 Å². The molecule has 6 heteroatoms. The molecule has 0 heterocycles. The van der Waals surface area contributed by atoms with E-state index in [0.717, 1.165) is 34.3 Å². The van der Waals surface area contributed by atoms with Crippen LogP contribution >= 0.6 is 0 Å². The number of nitrogens with one attached hydrogen (secondary N) is 1. The largest absolute Gasteiger partial charge is 0.624 e. The Balaban J connectivity index is 1.81. The third kappa shape index (κ3) is 4.96. The predicted octanol–water partition coefficient (Wildman–Crippen LogP) is 3.52. The minimum Gasteiger partial charge on any atom is -0.624 e. The van der Waals surface area contributed by atoms with Gasteiger partial charge < -0.3 is 5.21 Å². The smallest absolute Gasteiger partial charge is 0.241 e. The molecule has 2 atom stereocenters. The zero-order chi connectivity index (χ0) is 19.4. The summed E-state index contributed by atoms with van der Waals surface area (Å²) in [6, 6.07) is 13.7. The van der Waals surface area contributed by atoms with Crippen LogP contribution in [0.5, 0.6) is 0 Å². The molecule has 2 aromatic rings. The minimum absolute atomic E-state index is 0.234. The fourth-order valence-corrected chi connectivity index (χ4v) is 4.84. The fraction of sp³-hybridized carbons (Fsp3) is 0.381. The van der Waals surface area contributed by atoms with Crippen molar-refractivity contribution < 1.29 is 13.2 Å². The van der Waals surface area contributed by atoms with E-state index in [1.165, 1.54) is 0 Å². The average Bonchev–Trinajstić information content (AvgIpc) is 2.62. The first kappa shape index (κ1) is 19.6. The standard InChI is InChI=1S/C21H26N2O3S/c1-16-10-12-19(13-11-16)27(25,26)22-20-8-3-4-9-21(20)23(24)15-18-7-5-6-17(2)14-18/h5-7,10-15,20-22H,3-4,8-9H2,1-2H3/b23-15-/t20-,21-/m1/s1. The number of hydrogen-bond donors (Lipinski definition) is 1. The molecule has 1 aliphatic rings. The van der Waals surface area contributed by atoms with Gasteiger partial charge in [0.1, 0.15) is 0 Å². The molecule has 0 bridgehead atoms. The van der Waals surface area contributed by atoms with Crippen LogP contribution in [-0.4, -0.2) is 31.5 Å². The van der Waals surface area contributed by atoms with Gasteiger partial charge in [-0.1, -0.05) is 41.8 Å². The lowest BCUT2D eigenvalue weighted by atomic mass is 9.91. The normalized spacial score (nSPS) is 21.2. The first-order chi connectivity index (χ1) is 12.8. The van der Waals surface area contributed by atoms with Crippen LogP contribution in [0.2, 0.25) is 0 Å². The van der Waals surface area contributed by atoms with Gasteiger partial charge >= 0.3 is 0 Å². The second-order valence-corrected chi connectivity index (χ2v) is 9.01. The molecule has 0 spiro atoms. The van der Waals surface area contributed by atoms with E-state index >= 15 is 0 Å². The summed E-state index contributed by atoms with van der Waals surface area (Å²) < 4.78 is 29.2. The summed E-state index contributed by atoms with van der Waals surface area (Å²) in [6.07, 6.45) is 4.74. The van der Waals surface area contributed by atoms with Gasteiger partial charge in [0.15, 0.2) is 12.3 Å². The average molecular weight is 387 g/mol. The van der Waals surface area contributed by atoms with Gasteiger partial charge in [-0.05, 0) is 51.0 Å². The topological polar surface area (TPSA) is 72.2 Å². The molecule has 0 radical (unpaired) electrons. The summed E-state index contributed by atoms with van der Waals surface area (Å²) in [5, 5.41) is 12.8. The van der Waals surface area contributed by atoms with Crippen molar-refractivity contribution in [3.8, 4) is 0 Å². The lowest BCUT2D eigenvalue weighted by molar-refractivity contribution is -0.504. The molecule has 5 nitrogen and oxygen atoms in total. The molecule has 144 valence electrons. The molecule has 27 heavy (non-hydrogen) atoms. The number of sulfonamides is 1. The van der Waals surface area contributed by atoms with Crippen LogP contribution in [0.4, 0.5) is 0 Å². The van der Waals surface area contributed by atoms with Gasteiger partial charge in [-0.15, -0.1) is 0 Å². The van der Waals surface area contributed by atoms with Gasteiger partial charge in [0.2, 0.25) is 10.0 Å². The van der Waals surface area contributed by atoms with Crippen molar-refractivity contribution in [3.05, 3.63) is 70.4 Å². The monoisotopic (exact) mass is 386 g/mol. The Labute approximate surface area is 161 Å². The molecule has 0 unspecified atom stereocenters. The highest BCUT2D eigenvalue weighted by molar-refractivity contribution is 7.89. The Bertz CT molecular complexity index is 921. The Kier molecular flexibility index (Phi) is 5.97. The SMILES string of the molecule is Cc1ccc(S(=O)(=O)N[C@@H]2CCCC[C@H]2/[N+]([O-])=C/c2cccc(C)c2)cc1. The van der Waals surface area contributed by atoms with E-state index in [1.807, 2.05) is 38.1 Å². The summed E-state index contributed by atoms with van der Waals surface area (Å²) in [5.74, 6) is 0. The molecule has 0 aliphatic heterocycles. The van der Waals surface area contributed by atoms with E-state index in [9.17, 15) is 13.6 Å². The lowest BCUT2D eigenvalue weighted by Crippen LogP contribution is -2.49. The van der Waals surface area contributed by atoms with Crippen LogP contribution in [0.3, 0.4) is 0 Å². The van der Waals surface area contributed by atoms with Crippen LogP contribution in [0.25, 0.3) is 0 Å². The van der Waals surface area contributed by atoms with Crippen molar-refractivity contribution in [2.24, 2.45) is 0 Å². The second-order valence-electron chi connectivity index (χ2n) is 7.30. The number of benzene rings is 2. The van der Waals surface area contributed by atoms with Crippen molar-refractivity contribution in [3.63, 3.8) is 0 Å².